The van der Waals surface area contributed by atoms with Crippen LogP contribution in [0, 0.1) is 0 Å². The Morgan fingerprint density at radius 3 is 2.64 bits per heavy atom. The number of hydrogen-bond donors (Lipinski definition) is 2. The van der Waals surface area contributed by atoms with Gasteiger partial charge >= 0.3 is 0 Å². The van der Waals surface area contributed by atoms with Crippen LogP contribution >= 0.6 is 0 Å². The first kappa shape index (κ1) is 21.7. The van der Waals surface area contributed by atoms with Crippen LogP contribution in [0.25, 0.3) is 23.2 Å². The Balaban J connectivity index is 1.84. The zero-order valence-corrected chi connectivity index (χ0v) is 17.8. The quantitative estimate of drug-likeness (QED) is 0.473. The molecule has 1 atom stereocenters. The molecule has 33 heavy (non-hydrogen) atoms. The van der Waals surface area contributed by atoms with Crippen LogP contribution in [-0.2, 0) is 0 Å². The summed E-state index contributed by atoms with van der Waals surface area (Å²) in [6, 6.07) is 11.3. The van der Waals surface area contributed by atoms with Crippen molar-refractivity contribution in [1.29, 1.82) is 0 Å². The third-order valence-electron chi connectivity index (χ3n) is 5.21. The zero-order valence-electron chi connectivity index (χ0n) is 17.8. The van der Waals surface area contributed by atoms with Gasteiger partial charge in [0.05, 0.1) is 11.6 Å². The molecule has 3 heterocycles. The van der Waals surface area contributed by atoms with Crippen molar-refractivity contribution in [3.63, 3.8) is 0 Å². The minimum absolute atomic E-state index is 0.0229. The smallest absolute Gasteiger partial charge is 0.266 e. The van der Waals surface area contributed by atoms with E-state index in [9.17, 15) is 14.0 Å². The maximum atomic E-state index is 14.2. The van der Waals surface area contributed by atoms with Crippen molar-refractivity contribution in [3.05, 3.63) is 101 Å². The molecule has 4 aromatic rings. The lowest BCUT2D eigenvalue weighted by Crippen LogP contribution is -2.33. The number of nitrogen functional groups attached to an aromatic ring is 1. The summed E-state index contributed by atoms with van der Waals surface area (Å²) in [7, 11) is 0. The summed E-state index contributed by atoms with van der Waals surface area (Å²) < 4.78 is 17.0. The summed E-state index contributed by atoms with van der Waals surface area (Å²) in [5.41, 5.74) is 6.78. The minimum Gasteiger partial charge on any atom is -0.381 e. The number of anilines is 1. The Labute approximate surface area is 188 Å². The number of benzene rings is 1. The van der Waals surface area contributed by atoms with E-state index in [0.717, 1.165) is 0 Å². The van der Waals surface area contributed by atoms with Crippen molar-refractivity contribution in [2.24, 2.45) is 0 Å². The van der Waals surface area contributed by atoms with Crippen LogP contribution in [0.5, 0.6) is 0 Å². The molecule has 1 unspecified atom stereocenters. The highest BCUT2D eigenvalue weighted by Crippen LogP contribution is 2.25. The molecule has 166 valence electrons. The van der Waals surface area contributed by atoms with Gasteiger partial charge in [-0.2, -0.15) is 0 Å². The molecule has 3 aromatic heterocycles. The summed E-state index contributed by atoms with van der Waals surface area (Å²) in [6.07, 6.45) is 4.54. The van der Waals surface area contributed by atoms with E-state index in [1.54, 1.807) is 55.6 Å². The number of rotatable bonds is 6. The van der Waals surface area contributed by atoms with Gasteiger partial charge in [0, 0.05) is 23.8 Å². The van der Waals surface area contributed by atoms with Crippen LogP contribution < -0.4 is 16.6 Å². The lowest BCUT2D eigenvalue weighted by molar-refractivity contribution is 0.0941. The number of fused-ring (bicyclic) bond motifs is 1. The first-order valence-electron chi connectivity index (χ1n) is 10.1. The molecule has 3 N–H and O–H groups in total. The molecule has 4 rings (SSSR count). The average molecular weight is 444 g/mol. The van der Waals surface area contributed by atoms with Crippen molar-refractivity contribution in [2.45, 2.75) is 13.0 Å². The lowest BCUT2D eigenvalue weighted by Gasteiger charge is -2.22. The molecule has 0 radical (unpaired) electrons. The van der Waals surface area contributed by atoms with Crippen molar-refractivity contribution in [1.82, 2.24) is 24.5 Å². The molecule has 8 nitrogen and oxygen atoms in total. The third-order valence-corrected chi connectivity index (χ3v) is 5.21. The summed E-state index contributed by atoms with van der Waals surface area (Å²) in [5, 5.41) is 6.95. The molecule has 0 bridgehead atoms. The molecular formula is C24H21FN6O2. The first-order valence-corrected chi connectivity index (χ1v) is 10.1. The largest absolute Gasteiger partial charge is 0.381 e. The van der Waals surface area contributed by atoms with Gasteiger partial charge < -0.3 is 11.1 Å². The van der Waals surface area contributed by atoms with Gasteiger partial charge in [0.2, 0.25) is 0 Å². The van der Waals surface area contributed by atoms with Gasteiger partial charge in [-0.05, 0) is 36.8 Å². The van der Waals surface area contributed by atoms with Gasteiger partial charge in [0.15, 0.2) is 11.5 Å². The fourth-order valence-corrected chi connectivity index (χ4v) is 3.71. The number of pyridine rings is 1. The minimum atomic E-state index is -0.868. The Hall–Kier alpha value is -4.53. The van der Waals surface area contributed by atoms with Gasteiger partial charge in [0.25, 0.3) is 11.5 Å². The van der Waals surface area contributed by atoms with Crippen LogP contribution in [-0.4, -0.2) is 25.1 Å². The van der Waals surface area contributed by atoms with Gasteiger partial charge in [-0.1, -0.05) is 37.4 Å². The van der Waals surface area contributed by atoms with Crippen LogP contribution in [0.4, 0.5) is 10.2 Å². The number of para-hydroxylation sites is 1. The second-order valence-corrected chi connectivity index (χ2v) is 7.33. The number of carbonyl (C=O) groups is 1. The first-order chi connectivity index (χ1) is 15.8. The summed E-state index contributed by atoms with van der Waals surface area (Å²) in [5.74, 6) is -1.36. The van der Waals surface area contributed by atoms with Crippen molar-refractivity contribution >= 4 is 29.3 Å². The third kappa shape index (κ3) is 3.80. The molecule has 0 saturated heterocycles. The highest BCUT2D eigenvalue weighted by molar-refractivity contribution is 6.04. The number of amides is 1. The monoisotopic (exact) mass is 444 g/mol. The summed E-state index contributed by atoms with van der Waals surface area (Å²) >= 11 is 0. The SMILES string of the molecule is C=Cc1cc(C(C)NC(=O)c2c(N)nn3cccnc23)n(-c2ccccc2)c(=O)c1C(=C)F. The molecule has 0 aliphatic heterocycles. The van der Waals surface area contributed by atoms with E-state index >= 15 is 0 Å². The fraction of sp³-hybridized carbons (Fsp3) is 0.0833. The van der Waals surface area contributed by atoms with E-state index in [1.807, 2.05) is 0 Å². The van der Waals surface area contributed by atoms with Crippen LogP contribution in [0.15, 0.2) is 72.8 Å². The van der Waals surface area contributed by atoms with Crippen LogP contribution in [0.3, 0.4) is 0 Å². The number of nitrogens with one attached hydrogen (secondary N) is 1. The Morgan fingerprint density at radius 2 is 1.97 bits per heavy atom. The second-order valence-electron chi connectivity index (χ2n) is 7.33. The van der Waals surface area contributed by atoms with Crippen molar-refractivity contribution in [2.75, 3.05) is 5.73 Å². The van der Waals surface area contributed by atoms with Crippen LogP contribution in [0.1, 0.15) is 40.1 Å². The number of aromatic nitrogens is 4. The molecule has 1 amide bonds. The lowest BCUT2D eigenvalue weighted by atomic mass is 10.0. The molecule has 1 aromatic carbocycles. The van der Waals surface area contributed by atoms with Gasteiger partial charge in [-0.3, -0.25) is 14.2 Å². The summed E-state index contributed by atoms with van der Waals surface area (Å²) in [6.45, 7) is 8.69. The molecule has 0 aliphatic rings. The maximum absolute atomic E-state index is 14.2. The second kappa shape index (κ2) is 8.54. The molecule has 0 aliphatic carbocycles. The van der Waals surface area contributed by atoms with Crippen molar-refractivity contribution < 1.29 is 9.18 Å². The number of nitrogens with zero attached hydrogens (tertiary/aromatic N) is 4. The van der Waals surface area contributed by atoms with E-state index in [0.29, 0.717) is 17.0 Å². The standard InChI is InChI=1S/C24H21FN6O2/c1-4-16-13-18(31(17-9-6-5-7-10-17)24(33)19(16)14(2)25)15(3)28-23(32)20-21(26)29-30-12-8-11-27-22(20)30/h4-13,15H,1-2H2,3H3,(H2,26,29)(H,28,32). The number of halogens is 1. The Bertz CT molecular complexity index is 1460. The predicted molar refractivity (Wildman–Crippen MR) is 126 cm³/mol. The number of hydrogen-bond acceptors (Lipinski definition) is 5. The molecule has 0 saturated carbocycles. The topological polar surface area (TPSA) is 107 Å². The molecule has 0 fully saturated rings. The zero-order chi connectivity index (χ0) is 23.7. The molecule has 0 spiro atoms. The van der Waals surface area contributed by atoms with Crippen LogP contribution in [0.2, 0.25) is 0 Å². The normalized spacial score (nSPS) is 11.8. The van der Waals surface area contributed by atoms with Crippen molar-refractivity contribution in [3.8, 4) is 5.69 Å². The van der Waals surface area contributed by atoms with E-state index in [1.165, 1.54) is 21.4 Å². The number of carbonyl (C=O) groups excluding carboxylic acids is 1. The summed E-state index contributed by atoms with van der Waals surface area (Å²) in [4.78, 5) is 30.6. The van der Waals surface area contributed by atoms with E-state index < -0.39 is 23.3 Å². The fourth-order valence-electron chi connectivity index (χ4n) is 3.71. The Kier molecular flexibility index (Phi) is 5.61. The molecular weight excluding hydrogens is 423 g/mol. The van der Waals surface area contributed by atoms with E-state index in [-0.39, 0.29) is 22.5 Å². The van der Waals surface area contributed by atoms with Gasteiger partial charge in [-0.25, -0.2) is 13.9 Å². The van der Waals surface area contributed by atoms with E-state index in [4.69, 9.17) is 5.73 Å². The highest BCUT2D eigenvalue weighted by Gasteiger charge is 2.24. The maximum Gasteiger partial charge on any atom is 0.266 e. The van der Waals surface area contributed by atoms with Gasteiger partial charge in [0.1, 0.15) is 11.4 Å². The Morgan fingerprint density at radius 1 is 1.24 bits per heavy atom. The van der Waals surface area contributed by atoms with Gasteiger partial charge in [-0.15, -0.1) is 5.10 Å². The average Bonchev–Trinajstić information content (AvgIpc) is 3.14. The van der Waals surface area contributed by atoms with E-state index in [2.05, 4.69) is 28.6 Å². The molecule has 9 heteroatoms. The number of nitrogens with two attached hydrogens (primary N) is 1. The predicted octanol–water partition coefficient (Wildman–Crippen LogP) is 3.54. The highest BCUT2D eigenvalue weighted by atomic mass is 19.1.